The summed E-state index contributed by atoms with van der Waals surface area (Å²) in [6, 6.07) is 0.0356. The lowest BCUT2D eigenvalue weighted by atomic mass is 9.94. The zero-order valence-electron chi connectivity index (χ0n) is 12.0. The van der Waals surface area contributed by atoms with Gasteiger partial charge in [0.1, 0.15) is 0 Å². The minimum absolute atomic E-state index is 0.0107. The zero-order valence-corrected chi connectivity index (χ0v) is 12.0. The molecule has 0 aromatic carbocycles. The average Bonchev–Trinajstić information content (AvgIpc) is 2.52. The number of nitrogens with two attached hydrogens (primary N) is 1. The second kappa shape index (κ2) is 7.74. The Balaban J connectivity index is 2.40. The monoisotopic (exact) mass is 256 g/mol. The minimum Gasteiger partial charge on any atom is -0.377 e. The van der Waals surface area contributed by atoms with E-state index >= 15 is 0 Å². The molecule has 4 heteroatoms. The fraction of sp³-hybridized carbons (Fsp3) is 0.929. The molecular formula is C14H28N2O2. The van der Waals surface area contributed by atoms with E-state index in [-0.39, 0.29) is 24.0 Å². The lowest BCUT2D eigenvalue weighted by Crippen LogP contribution is -2.43. The molecule has 1 fully saturated rings. The highest BCUT2D eigenvalue weighted by Gasteiger charge is 2.28. The Hall–Kier alpha value is -0.610. The standard InChI is InChI=1S/C14H28N2O2/c1-11(2)18-10-9-16(3)14(17)12-7-5-4-6-8-13(12)15/h11-13H,4-10,15H2,1-3H3. The van der Waals surface area contributed by atoms with Crippen molar-refractivity contribution in [2.45, 2.75) is 58.1 Å². The van der Waals surface area contributed by atoms with Gasteiger partial charge in [0.05, 0.1) is 18.6 Å². The van der Waals surface area contributed by atoms with Gasteiger partial charge in [-0.1, -0.05) is 19.3 Å². The smallest absolute Gasteiger partial charge is 0.227 e. The molecule has 0 heterocycles. The quantitative estimate of drug-likeness (QED) is 0.763. The molecule has 2 unspecified atom stereocenters. The number of amides is 1. The van der Waals surface area contributed by atoms with E-state index < -0.39 is 0 Å². The predicted octanol–water partition coefficient (Wildman–Crippen LogP) is 1.78. The summed E-state index contributed by atoms with van der Waals surface area (Å²) in [5.74, 6) is 0.202. The third kappa shape index (κ3) is 4.94. The predicted molar refractivity (Wildman–Crippen MR) is 73.3 cm³/mol. The molecule has 1 aliphatic carbocycles. The molecular weight excluding hydrogens is 228 g/mol. The molecule has 1 rings (SSSR count). The molecule has 0 aliphatic heterocycles. The summed E-state index contributed by atoms with van der Waals surface area (Å²) in [5.41, 5.74) is 6.12. The molecule has 4 nitrogen and oxygen atoms in total. The first kappa shape index (κ1) is 15.4. The second-order valence-corrected chi connectivity index (χ2v) is 5.59. The van der Waals surface area contributed by atoms with Gasteiger partial charge >= 0.3 is 0 Å². The maximum Gasteiger partial charge on any atom is 0.227 e. The number of likely N-dealkylation sites (N-methyl/N-ethyl adjacent to an activating group) is 1. The van der Waals surface area contributed by atoms with Crippen molar-refractivity contribution in [3.8, 4) is 0 Å². The number of ether oxygens (including phenoxy) is 1. The van der Waals surface area contributed by atoms with Crippen molar-refractivity contribution in [3.05, 3.63) is 0 Å². The van der Waals surface area contributed by atoms with Crippen LogP contribution in [0.2, 0.25) is 0 Å². The molecule has 0 aromatic heterocycles. The van der Waals surface area contributed by atoms with Gasteiger partial charge in [0, 0.05) is 19.6 Å². The maximum atomic E-state index is 12.3. The molecule has 18 heavy (non-hydrogen) atoms. The van der Waals surface area contributed by atoms with Crippen LogP contribution < -0.4 is 5.73 Å². The molecule has 0 bridgehead atoms. The van der Waals surface area contributed by atoms with E-state index in [4.69, 9.17) is 10.5 Å². The van der Waals surface area contributed by atoms with Gasteiger partial charge in [0.15, 0.2) is 0 Å². The summed E-state index contributed by atoms with van der Waals surface area (Å²) in [6.45, 7) is 5.26. The first-order chi connectivity index (χ1) is 8.52. The van der Waals surface area contributed by atoms with Gasteiger partial charge in [-0.25, -0.2) is 0 Å². The molecule has 2 atom stereocenters. The molecule has 1 amide bonds. The second-order valence-electron chi connectivity index (χ2n) is 5.59. The molecule has 2 N–H and O–H groups in total. The van der Waals surface area contributed by atoms with Crippen molar-refractivity contribution in [3.63, 3.8) is 0 Å². The Morgan fingerprint density at radius 3 is 2.67 bits per heavy atom. The summed E-state index contributed by atoms with van der Waals surface area (Å²) < 4.78 is 5.48. The van der Waals surface area contributed by atoms with Crippen LogP contribution in [0, 0.1) is 5.92 Å². The van der Waals surface area contributed by atoms with Crippen LogP contribution in [0.5, 0.6) is 0 Å². The van der Waals surface area contributed by atoms with Gasteiger partial charge < -0.3 is 15.4 Å². The van der Waals surface area contributed by atoms with Crippen LogP contribution in [0.15, 0.2) is 0 Å². The summed E-state index contributed by atoms with van der Waals surface area (Å²) in [6.07, 6.45) is 5.62. The van der Waals surface area contributed by atoms with E-state index in [0.29, 0.717) is 13.2 Å². The van der Waals surface area contributed by atoms with E-state index in [0.717, 1.165) is 25.7 Å². The molecule has 0 radical (unpaired) electrons. The van der Waals surface area contributed by atoms with E-state index in [2.05, 4.69) is 0 Å². The number of carbonyl (C=O) groups excluding carboxylic acids is 1. The van der Waals surface area contributed by atoms with Crippen LogP contribution >= 0.6 is 0 Å². The summed E-state index contributed by atoms with van der Waals surface area (Å²) >= 11 is 0. The molecule has 1 aliphatic rings. The highest BCUT2D eigenvalue weighted by Crippen LogP contribution is 2.23. The molecule has 0 saturated heterocycles. The zero-order chi connectivity index (χ0) is 13.5. The van der Waals surface area contributed by atoms with Crippen molar-refractivity contribution in [1.29, 1.82) is 0 Å². The van der Waals surface area contributed by atoms with E-state index in [1.165, 1.54) is 6.42 Å². The SMILES string of the molecule is CC(C)OCCN(C)C(=O)C1CCCCCC1N. The van der Waals surface area contributed by atoms with Gasteiger partial charge in [-0.2, -0.15) is 0 Å². The van der Waals surface area contributed by atoms with Crippen molar-refractivity contribution < 1.29 is 9.53 Å². The molecule has 0 aromatic rings. The van der Waals surface area contributed by atoms with Crippen LogP contribution in [0.3, 0.4) is 0 Å². The third-order valence-electron chi connectivity index (χ3n) is 3.64. The highest BCUT2D eigenvalue weighted by atomic mass is 16.5. The Bertz CT molecular complexity index is 256. The molecule has 106 valence electrons. The van der Waals surface area contributed by atoms with E-state index in [1.807, 2.05) is 20.9 Å². The highest BCUT2D eigenvalue weighted by molar-refractivity contribution is 5.79. The summed E-state index contributed by atoms with van der Waals surface area (Å²) in [5, 5.41) is 0. The van der Waals surface area contributed by atoms with Gasteiger partial charge in [-0.3, -0.25) is 4.79 Å². The van der Waals surface area contributed by atoms with Gasteiger partial charge in [0.25, 0.3) is 0 Å². The Morgan fingerprint density at radius 1 is 1.33 bits per heavy atom. The van der Waals surface area contributed by atoms with Gasteiger partial charge in [-0.05, 0) is 26.7 Å². The number of nitrogens with zero attached hydrogens (tertiary/aromatic N) is 1. The Labute approximate surface area is 111 Å². The molecule has 0 spiro atoms. The number of hydrogen-bond donors (Lipinski definition) is 1. The van der Waals surface area contributed by atoms with Crippen molar-refractivity contribution in [1.82, 2.24) is 4.90 Å². The van der Waals surface area contributed by atoms with Crippen LogP contribution in [0.4, 0.5) is 0 Å². The fourth-order valence-electron chi connectivity index (χ4n) is 2.46. The average molecular weight is 256 g/mol. The minimum atomic E-state index is 0.0107. The van der Waals surface area contributed by atoms with Crippen molar-refractivity contribution >= 4 is 5.91 Å². The summed E-state index contributed by atoms with van der Waals surface area (Å²) in [7, 11) is 1.85. The van der Waals surface area contributed by atoms with Crippen LogP contribution in [0.1, 0.15) is 46.0 Å². The molecule has 1 saturated carbocycles. The maximum absolute atomic E-state index is 12.3. The van der Waals surface area contributed by atoms with Crippen LogP contribution in [-0.4, -0.2) is 43.2 Å². The summed E-state index contributed by atoms with van der Waals surface area (Å²) in [4.78, 5) is 14.1. The van der Waals surface area contributed by atoms with Crippen LogP contribution in [-0.2, 0) is 9.53 Å². The van der Waals surface area contributed by atoms with Gasteiger partial charge in [-0.15, -0.1) is 0 Å². The van der Waals surface area contributed by atoms with E-state index in [1.54, 1.807) is 4.90 Å². The largest absolute Gasteiger partial charge is 0.377 e. The van der Waals surface area contributed by atoms with Crippen molar-refractivity contribution in [2.75, 3.05) is 20.2 Å². The fourth-order valence-corrected chi connectivity index (χ4v) is 2.46. The topological polar surface area (TPSA) is 55.6 Å². The first-order valence-corrected chi connectivity index (χ1v) is 7.14. The van der Waals surface area contributed by atoms with E-state index in [9.17, 15) is 4.79 Å². The van der Waals surface area contributed by atoms with Crippen LogP contribution in [0.25, 0.3) is 0 Å². The first-order valence-electron chi connectivity index (χ1n) is 7.14. The Morgan fingerprint density at radius 2 is 2.00 bits per heavy atom. The third-order valence-corrected chi connectivity index (χ3v) is 3.64. The van der Waals surface area contributed by atoms with Crippen molar-refractivity contribution in [2.24, 2.45) is 11.7 Å². The normalized spacial score (nSPS) is 24.9. The number of carbonyl (C=O) groups is 1. The van der Waals surface area contributed by atoms with Gasteiger partial charge in [0.2, 0.25) is 5.91 Å². The number of hydrogen-bond acceptors (Lipinski definition) is 3. The lowest BCUT2D eigenvalue weighted by molar-refractivity contribution is -0.136. The number of rotatable bonds is 5. The lowest BCUT2D eigenvalue weighted by Gasteiger charge is -2.26. The Kier molecular flexibility index (Phi) is 6.65.